The Bertz CT molecular complexity index is 2260. The first-order chi connectivity index (χ1) is 23.4. The van der Waals surface area contributed by atoms with Crippen molar-refractivity contribution in [1.82, 2.24) is 9.97 Å². The molecule has 7 rings (SSSR count). The monoisotopic (exact) mass is 859 g/mol. The minimum atomic E-state index is -1.34. The fraction of sp³-hybridized carbons (Fsp3) is 0.209. The van der Waals surface area contributed by atoms with Crippen LogP contribution in [-0.4, -0.2) is 18.0 Å². The van der Waals surface area contributed by atoms with E-state index in [2.05, 4.69) is 93.8 Å². The quantitative estimate of drug-likeness (QED) is 0.124. The van der Waals surface area contributed by atoms with Crippen molar-refractivity contribution < 1.29 is 33.3 Å². The Kier molecular flexibility index (Phi) is 11.3. The van der Waals surface area contributed by atoms with Crippen LogP contribution in [0.15, 0.2) is 108 Å². The largest absolute Gasteiger partial charge is 0.501 e. The fourth-order valence-electron chi connectivity index (χ4n) is 6.04. The molecule has 3 heterocycles. The summed E-state index contributed by atoms with van der Waals surface area (Å²) < 4.78 is 33.7. The van der Waals surface area contributed by atoms with Crippen molar-refractivity contribution in [1.29, 1.82) is 0 Å². The summed E-state index contributed by atoms with van der Waals surface area (Å²) in [6, 6.07) is 33.8. The van der Waals surface area contributed by atoms with Crippen LogP contribution in [0.3, 0.4) is 0 Å². The molecule has 0 atom stereocenters. The predicted molar refractivity (Wildman–Crippen MR) is 201 cm³/mol. The average Bonchev–Trinajstić information content (AvgIpc) is 3.46. The molecule has 0 N–H and O–H groups in total. The molecule has 0 aliphatic heterocycles. The first-order valence-electron chi connectivity index (χ1n) is 16.7. The van der Waals surface area contributed by atoms with Gasteiger partial charge in [-0.05, 0) is 58.2 Å². The topological polar surface area (TPSA) is 38.9 Å². The van der Waals surface area contributed by atoms with Crippen LogP contribution < -0.4 is 5.19 Å². The minimum Gasteiger partial charge on any atom is -0.501 e. The molecule has 0 unspecified atom stereocenters. The van der Waals surface area contributed by atoms with Crippen LogP contribution in [0.25, 0.3) is 55.6 Å². The third kappa shape index (κ3) is 7.86. The van der Waals surface area contributed by atoms with Gasteiger partial charge in [-0.2, -0.15) is 0 Å². The maximum atomic E-state index is 14.2. The molecule has 0 saturated heterocycles. The minimum absolute atomic E-state index is 0. The predicted octanol–water partition coefficient (Wildman–Crippen LogP) is 11.7. The molecule has 0 spiro atoms. The van der Waals surface area contributed by atoms with Gasteiger partial charge in [0.1, 0.15) is 17.2 Å². The number of hydrogen-bond acceptors (Lipinski definition) is 3. The number of nitrogens with zero attached hydrogens (tertiary/aromatic N) is 2. The Morgan fingerprint density at radius 1 is 0.740 bits per heavy atom. The van der Waals surface area contributed by atoms with Crippen molar-refractivity contribution in [2.24, 2.45) is 0 Å². The standard InChI is InChI=1S/C26H18F2NO.C17H22NSi.Ir/c1-15(2)16-10-11-29-24(12-16)22-5-3-4-21-20-8-6-17(13-25(20)30-26(21)22)19-9-7-18(27)14-23(19)28;1-13(2)15-11-16(14-9-7-6-8-10-14)18-12-17(15)19(3,4)5;/h3-4,6-15H,1-2H3;6-9,11-13H,1-5H3;/q2*-1;. The molecule has 1 radical (unpaired) electrons. The fourth-order valence-corrected chi connectivity index (χ4v) is 7.72. The third-order valence-corrected chi connectivity index (χ3v) is 10.8. The number of rotatable bonds is 6. The van der Waals surface area contributed by atoms with E-state index in [9.17, 15) is 8.78 Å². The van der Waals surface area contributed by atoms with E-state index in [-0.39, 0.29) is 20.1 Å². The van der Waals surface area contributed by atoms with Gasteiger partial charge in [-0.1, -0.05) is 93.7 Å². The molecule has 7 aromatic rings. The van der Waals surface area contributed by atoms with Crippen LogP contribution in [0.2, 0.25) is 19.6 Å². The van der Waals surface area contributed by atoms with Gasteiger partial charge in [0.05, 0.1) is 13.7 Å². The van der Waals surface area contributed by atoms with Crippen LogP contribution in [-0.2, 0) is 20.1 Å². The van der Waals surface area contributed by atoms with Crippen molar-refractivity contribution in [3.63, 3.8) is 0 Å². The van der Waals surface area contributed by atoms with Gasteiger partial charge in [-0.3, -0.25) is 0 Å². The van der Waals surface area contributed by atoms with Crippen molar-refractivity contribution in [2.75, 3.05) is 0 Å². The Morgan fingerprint density at radius 3 is 2.22 bits per heavy atom. The van der Waals surface area contributed by atoms with Gasteiger partial charge >= 0.3 is 0 Å². The van der Waals surface area contributed by atoms with Gasteiger partial charge < -0.3 is 14.4 Å². The number of pyridine rings is 2. The molecule has 50 heavy (non-hydrogen) atoms. The van der Waals surface area contributed by atoms with Gasteiger partial charge in [-0.25, -0.2) is 8.78 Å². The number of halogens is 2. The molecule has 0 saturated carbocycles. The summed E-state index contributed by atoms with van der Waals surface area (Å²) in [5.41, 5.74) is 8.62. The van der Waals surface area contributed by atoms with E-state index < -0.39 is 19.7 Å². The second kappa shape index (κ2) is 15.3. The summed E-state index contributed by atoms with van der Waals surface area (Å²) in [7, 11) is -1.34. The third-order valence-electron chi connectivity index (χ3n) is 8.73. The van der Waals surface area contributed by atoms with Crippen molar-refractivity contribution >= 4 is 35.2 Å². The van der Waals surface area contributed by atoms with Gasteiger partial charge in [0.15, 0.2) is 0 Å². The Balaban J connectivity index is 0.000000211. The van der Waals surface area contributed by atoms with Crippen LogP contribution in [0.5, 0.6) is 0 Å². The molecule has 0 amide bonds. The zero-order valence-electron chi connectivity index (χ0n) is 29.4. The van der Waals surface area contributed by atoms with Crippen LogP contribution >= 0.6 is 0 Å². The van der Waals surface area contributed by atoms with Crippen LogP contribution in [0.1, 0.15) is 50.7 Å². The number of aromatic nitrogens is 2. The molecule has 257 valence electrons. The Hall–Kier alpha value is -4.29. The second-order valence-electron chi connectivity index (χ2n) is 14.0. The molecule has 0 fully saturated rings. The van der Waals surface area contributed by atoms with Gasteiger partial charge in [0, 0.05) is 49.5 Å². The number of hydrogen-bond donors (Lipinski definition) is 0. The maximum absolute atomic E-state index is 14.2. The molecule has 0 aliphatic rings. The summed E-state index contributed by atoms with van der Waals surface area (Å²) in [6.45, 7) is 15.9. The normalized spacial score (nSPS) is 11.5. The molecule has 4 aromatic carbocycles. The molecular formula is C43H40F2IrN2OSi-2. The SMILES string of the molecule is CC(C)c1cc(-c2[c-]cccc2)ncc1[Si](C)(C)C.CC(C)c1ccnc(-c2[c-]ccc3c2oc2cc(-c4ccc(F)cc4F)ccc23)c1.[Ir]. The summed E-state index contributed by atoms with van der Waals surface area (Å²) >= 11 is 0. The number of furan rings is 1. The zero-order chi connectivity index (χ0) is 34.9. The summed E-state index contributed by atoms with van der Waals surface area (Å²) in [4.78, 5) is 9.18. The molecule has 7 heteroatoms. The molecule has 3 nitrogen and oxygen atoms in total. The van der Waals surface area contributed by atoms with E-state index in [0.717, 1.165) is 39.4 Å². The van der Waals surface area contributed by atoms with E-state index in [0.29, 0.717) is 34.1 Å². The number of benzene rings is 4. The summed E-state index contributed by atoms with van der Waals surface area (Å²) in [6.07, 6.45) is 3.90. The van der Waals surface area contributed by atoms with E-state index >= 15 is 0 Å². The molecular weight excluding hydrogens is 819 g/mol. The van der Waals surface area contributed by atoms with E-state index in [1.165, 1.54) is 28.4 Å². The molecule has 3 aromatic heterocycles. The van der Waals surface area contributed by atoms with Gasteiger partial charge in [-0.15, -0.1) is 54.1 Å². The van der Waals surface area contributed by atoms with Gasteiger partial charge in [0.25, 0.3) is 0 Å². The average molecular weight is 859 g/mol. The molecule has 0 aliphatic carbocycles. The van der Waals surface area contributed by atoms with Crippen LogP contribution in [0.4, 0.5) is 8.78 Å². The first kappa shape index (κ1) is 37.0. The molecule has 0 bridgehead atoms. The van der Waals surface area contributed by atoms with E-state index in [1.807, 2.05) is 48.5 Å². The van der Waals surface area contributed by atoms with Gasteiger partial charge in [0.2, 0.25) is 0 Å². The summed E-state index contributed by atoms with van der Waals surface area (Å²) in [5, 5.41) is 3.34. The maximum Gasteiger partial charge on any atom is 0.133 e. The second-order valence-corrected chi connectivity index (χ2v) is 19.0. The Morgan fingerprint density at radius 2 is 1.54 bits per heavy atom. The van der Waals surface area contributed by atoms with Crippen LogP contribution in [0, 0.1) is 23.8 Å². The first-order valence-corrected chi connectivity index (χ1v) is 20.2. The zero-order valence-corrected chi connectivity index (χ0v) is 32.8. The van der Waals surface area contributed by atoms with E-state index in [4.69, 9.17) is 4.42 Å². The smallest absolute Gasteiger partial charge is 0.133 e. The van der Waals surface area contributed by atoms with E-state index in [1.54, 1.807) is 12.3 Å². The number of fused-ring (bicyclic) bond motifs is 3. The summed E-state index contributed by atoms with van der Waals surface area (Å²) in [5.74, 6) is -0.284. The van der Waals surface area contributed by atoms with Crippen molar-refractivity contribution in [3.8, 4) is 33.6 Å². The van der Waals surface area contributed by atoms with Crippen molar-refractivity contribution in [3.05, 3.63) is 138 Å². The van der Waals surface area contributed by atoms with Crippen molar-refractivity contribution in [2.45, 2.75) is 59.2 Å². The Labute approximate surface area is 308 Å².